The smallest absolute Gasteiger partial charge is 0.319 e. The number of nitrogens with zero attached hydrogens (tertiary/aromatic N) is 5. The van der Waals surface area contributed by atoms with E-state index < -0.39 is 29.8 Å². The molecule has 0 amide bonds. The van der Waals surface area contributed by atoms with E-state index in [2.05, 4.69) is 19.9 Å². The van der Waals surface area contributed by atoms with Gasteiger partial charge in [-0.2, -0.15) is 9.97 Å². The minimum atomic E-state index is -1.52. The van der Waals surface area contributed by atoms with Gasteiger partial charge in [0, 0.05) is 25.7 Å². The monoisotopic (exact) mass is 485 g/mol. The number of hydrogen-bond acceptors (Lipinski definition) is 7. The van der Waals surface area contributed by atoms with Crippen molar-refractivity contribution < 1.29 is 23.0 Å². The van der Waals surface area contributed by atoms with Crippen LogP contribution in [0.5, 0.6) is 6.01 Å². The Labute approximate surface area is 194 Å². The van der Waals surface area contributed by atoms with Gasteiger partial charge in [0.2, 0.25) is 0 Å². The first-order chi connectivity index (χ1) is 15.8. The summed E-state index contributed by atoms with van der Waals surface area (Å²) in [7, 11) is 0. The lowest BCUT2D eigenvalue weighted by Crippen LogP contribution is -2.44. The molecule has 3 saturated heterocycles. The van der Waals surface area contributed by atoms with Crippen LogP contribution in [0.2, 0.25) is 5.15 Å². The number of alkyl halides is 2. The molecule has 0 aromatic carbocycles. The van der Waals surface area contributed by atoms with Crippen LogP contribution >= 0.6 is 11.6 Å². The molecule has 3 aliphatic heterocycles. The quantitative estimate of drug-likeness (QED) is 0.650. The minimum Gasteiger partial charge on any atom is -0.461 e. The molecule has 180 valence electrons. The van der Waals surface area contributed by atoms with Crippen molar-refractivity contribution in [2.45, 2.75) is 55.8 Å². The molecule has 0 aliphatic carbocycles. The molecule has 5 heterocycles. The van der Waals surface area contributed by atoms with Crippen LogP contribution in [-0.2, 0) is 0 Å². The van der Waals surface area contributed by atoms with Crippen molar-refractivity contribution >= 4 is 28.3 Å². The normalized spacial score (nSPS) is 30.6. The Morgan fingerprint density at radius 2 is 2.06 bits per heavy atom. The SMILES string of the molecule is OC1(CF)CCCCN(c2nc(OC[C@@]34CCCN3C[C@H](F)C4)nc3c(F)c(Cl)ncc23)C1. The van der Waals surface area contributed by atoms with Crippen LogP contribution in [0.1, 0.15) is 38.5 Å². The molecule has 3 aliphatic rings. The van der Waals surface area contributed by atoms with Crippen molar-refractivity contribution in [1.29, 1.82) is 0 Å². The van der Waals surface area contributed by atoms with E-state index in [1.807, 2.05) is 0 Å². The largest absolute Gasteiger partial charge is 0.461 e. The molecule has 0 saturated carbocycles. The third-order valence-electron chi connectivity index (χ3n) is 7.19. The van der Waals surface area contributed by atoms with Crippen LogP contribution < -0.4 is 9.64 Å². The molecule has 3 atom stereocenters. The van der Waals surface area contributed by atoms with Crippen molar-refractivity contribution in [3.63, 3.8) is 0 Å². The van der Waals surface area contributed by atoms with Crippen molar-refractivity contribution in [2.75, 3.05) is 44.4 Å². The number of ether oxygens (including phenoxy) is 1. The van der Waals surface area contributed by atoms with Crippen LogP contribution in [0.3, 0.4) is 0 Å². The van der Waals surface area contributed by atoms with Gasteiger partial charge >= 0.3 is 6.01 Å². The van der Waals surface area contributed by atoms with Crippen molar-refractivity contribution in [1.82, 2.24) is 19.9 Å². The van der Waals surface area contributed by atoms with Crippen LogP contribution in [0.4, 0.5) is 19.0 Å². The lowest BCUT2D eigenvalue weighted by Gasteiger charge is -2.32. The zero-order valence-corrected chi connectivity index (χ0v) is 19.0. The van der Waals surface area contributed by atoms with Gasteiger partial charge in [0.15, 0.2) is 11.0 Å². The van der Waals surface area contributed by atoms with E-state index >= 15 is 0 Å². The van der Waals surface area contributed by atoms with Gasteiger partial charge in [-0.1, -0.05) is 11.6 Å². The second-order valence-corrected chi connectivity index (χ2v) is 9.91. The van der Waals surface area contributed by atoms with Gasteiger partial charge < -0.3 is 14.7 Å². The number of halogens is 4. The highest BCUT2D eigenvalue weighted by Gasteiger charge is 2.49. The maximum absolute atomic E-state index is 14.9. The van der Waals surface area contributed by atoms with Crippen molar-refractivity contribution in [3.05, 3.63) is 17.2 Å². The Hall–Kier alpha value is -1.91. The van der Waals surface area contributed by atoms with Gasteiger partial charge in [-0.25, -0.2) is 18.2 Å². The Morgan fingerprint density at radius 3 is 2.88 bits per heavy atom. The van der Waals surface area contributed by atoms with E-state index in [0.717, 1.165) is 19.4 Å². The third kappa shape index (κ3) is 4.21. The number of fused-ring (bicyclic) bond motifs is 2. The molecular formula is C22H27ClF3N5O2. The number of β-amino-alcohol motifs (C(OH)–C–C–N with tert-alkyl or cyclic N) is 1. The van der Waals surface area contributed by atoms with Crippen molar-refractivity contribution in [3.8, 4) is 6.01 Å². The summed E-state index contributed by atoms with van der Waals surface area (Å²) < 4.78 is 48.6. The van der Waals surface area contributed by atoms with E-state index in [4.69, 9.17) is 16.3 Å². The predicted molar refractivity (Wildman–Crippen MR) is 118 cm³/mol. The fourth-order valence-corrected chi connectivity index (χ4v) is 5.65. The summed E-state index contributed by atoms with van der Waals surface area (Å²) in [4.78, 5) is 16.5. The molecule has 5 rings (SSSR count). The Balaban J connectivity index is 1.51. The molecule has 11 heteroatoms. The zero-order chi connectivity index (χ0) is 23.2. The predicted octanol–water partition coefficient (Wildman–Crippen LogP) is 3.46. The van der Waals surface area contributed by atoms with Crippen molar-refractivity contribution in [2.24, 2.45) is 0 Å². The average molecular weight is 486 g/mol. The molecule has 1 unspecified atom stereocenters. The molecule has 3 fully saturated rings. The Kier molecular flexibility index (Phi) is 6.03. The number of pyridine rings is 1. The highest BCUT2D eigenvalue weighted by molar-refractivity contribution is 6.30. The van der Waals surface area contributed by atoms with Gasteiger partial charge in [0.1, 0.15) is 36.4 Å². The summed E-state index contributed by atoms with van der Waals surface area (Å²) in [5.74, 6) is -0.494. The molecule has 1 N–H and O–H groups in total. The van der Waals surface area contributed by atoms with Crippen LogP contribution in [-0.4, -0.2) is 81.7 Å². The summed E-state index contributed by atoms with van der Waals surface area (Å²) in [6.07, 6.45) is 4.33. The standard InChI is InChI=1S/C22H27ClF3N5O2/c23-18-16(26)17-15(9-27-18)19(30-6-2-1-5-22(32,11-24)12-30)29-20(28-17)33-13-21-4-3-7-31(21)10-14(25)8-21/h9,14,32H,1-8,10-13H2/t14-,21+,22?/m1/s1. The topological polar surface area (TPSA) is 74.6 Å². The van der Waals surface area contributed by atoms with Crippen LogP contribution in [0, 0.1) is 5.82 Å². The third-order valence-corrected chi connectivity index (χ3v) is 7.45. The first-order valence-corrected chi connectivity index (χ1v) is 11.8. The highest BCUT2D eigenvalue weighted by atomic mass is 35.5. The lowest BCUT2D eigenvalue weighted by molar-refractivity contribution is 0.0169. The van der Waals surface area contributed by atoms with Gasteiger partial charge in [-0.15, -0.1) is 0 Å². The number of rotatable bonds is 5. The zero-order valence-electron chi connectivity index (χ0n) is 18.2. The number of anilines is 1. The maximum atomic E-state index is 14.9. The number of hydrogen-bond donors (Lipinski definition) is 1. The van der Waals surface area contributed by atoms with E-state index in [-0.39, 0.29) is 29.8 Å². The molecule has 33 heavy (non-hydrogen) atoms. The summed E-state index contributed by atoms with van der Waals surface area (Å²) in [5.41, 5.74) is -1.99. The van der Waals surface area contributed by atoms with E-state index in [0.29, 0.717) is 50.0 Å². The molecule has 0 radical (unpaired) electrons. The first-order valence-electron chi connectivity index (χ1n) is 11.4. The first kappa shape index (κ1) is 22.9. The summed E-state index contributed by atoms with van der Waals surface area (Å²) in [6, 6.07) is -0.0600. The van der Waals surface area contributed by atoms with Crippen LogP contribution in [0.25, 0.3) is 10.9 Å². The van der Waals surface area contributed by atoms with Gasteiger partial charge in [-0.3, -0.25) is 4.90 Å². The summed E-state index contributed by atoms with van der Waals surface area (Å²) in [5, 5.41) is 10.6. The average Bonchev–Trinajstić information content (AvgIpc) is 3.24. The second-order valence-electron chi connectivity index (χ2n) is 9.56. The van der Waals surface area contributed by atoms with E-state index in [1.54, 1.807) is 4.90 Å². The van der Waals surface area contributed by atoms with Gasteiger partial charge in [0.25, 0.3) is 0 Å². The molecule has 2 aromatic rings. The lowest BCUT2D eigenvalue weighted by atomic mass is 9.95. The van der Waals surface area contributed by atoms with Gasteiger partial charge in [0.05, 0.1) is 17.5 Å². The number of aromatic nitrogens is 3. The number of aliphatic hydroxyl groups is 1. The molecule has 0 spiro atoms. The van der Waals surface area contributed by atoms with Crippen LogP contribution in [0.15, 0.2) is 6.20 Å². The minimum absolute atomic E-state index is 0.000541. The Morgan fingerprint density at radius 1 is 1.21 bits per heavy atom. The van der Waals surface area contributed by atoms with Gasteiger partial charge in [-0.05, 0) is 38.6 Å². The second kappa shape index (κ2) is 8.70. The fourth-order valence-electron chi connectivity index (χ4n) is 5.51. The summed E-state index contributed by atoms with van der Waals surface area (Å²) >= 11 is 5.90. The fraction of sp³-hybridized carbons (Fsp3) is 0.682. The molecule has 2 aromatic heterocycles. The molecule has 0 bridgehead atoms. The summed E-state index contributed by atoms with van der Waals surface area (Å²) in [6.45, 7) is 1.00. The van der Waals surface area contributed by atoms with E-state index in [1.165, 1.54) is 6.20 Å². The molecule has 7 nitrogen and oxygen atoms in total. The Bertz CT molecular complexity index is 1050. The maximum Gasteiger partial charge on any atom is 0.319 e. The van der Waals surface area contributed by atoms with E-state index in [9.17, 15) is 18.3 Å². The molecular weight excluding hydrogens is 459 g/mol. The highest BCUT2D eigenvalue weighted by Crippen LogP contribution is 2.40.